The minimum absolute atomic E-state index is 0.119. The lowest BCUT2D eigenvalue weighted by atomic mass is 10.2. The third-order valence-corrected chi connectivity index (χ3v) is 3.28. The molecule has 1 aromatic carbocycles. The largest absolute Gasteiger partial charge is 0.452 e. The summed E-state index contributed by atoms with van der Waals surface area (Å²) in [4.78, 5) is 35.0. The van der Waals surface area contributed by atoms with Gasteiger partial charge in [0, 0.05) is 0 Å². The van der Waals surface area contributed by atoms with Crippen LogP contribution in [0.4, 0.5) is 4.39 Å². The van der Waals surface area contributed by atoms with Crippen LogP contribution in [0.2, 0.25) is 0 Å². The predicted octanol–water partition coefficient (Wildman–Crippen LogP) is 2.00. The van der Waals surface area contributed by atoms with Crippen LogP contribution in [0, 0.1) is 5.82 Å². The number of carbonyl (C=O) groups excluding carboxylic acids is 3. The van der Waals surface area contributed by atoms with E-state index in [1.54, 1.807) is 17.5 Å². The SMILES string of the molecule is O=C(COC(=O)c1ccc(F)cc1)NC(=O)c1cccs1. The van der Waals surface area contributed by atoms with Crippen molar-refractivity contribution >= 4 is 29.1 Å². The summed E-state index contributed by atoms with van der Waals surface area (Å²) in [5.74, 6) is -2.53. The number of nitrogens with one attached hydrogen (secondary N) is 1. The second kappa shape index (κ2) is 6.76. The zero-order chi connectivity index (χ0) is 15.2. The number of halogens is 1. The van der Waals surface area contributed by atoms with E-state index in [9.17, 15) is 18.8 Å². The quantitative estimate of drug-likeness (QED) is 0.877. The van der Waals surface area contributed by atoms with Gasteiger partial charge >= 0.3 is 5.97 Å². The number of hydrogen-bond acceptors (Lipinski definition) is 5. The van der Waals surface area contributed by atoms with E-state index >= 15 is 0 Å². The van der Waals surface area contributed by atoms with Crippen molar-refractivity contribution in [1.82, 2.24) is 5.32 Å². The third-order valence-electron chi connectivity index (χ3n) is 2.41. The Labute approximate surface area is 123 Å². The molecule has 1 aromatic heterocycles. The van der Waals surface area contributed by atoms with Crippen molar-refractivity contribution in [2.45, 2.75) is 0 Å². The average molecular weight is 307 g/mol. The van der Waals surface area contributed by atoms with Gasteiger partial charge in [0.15, 0.2) is 6.61 Å². The van der Waals surface area contributed by atoms with Gasteiger partial charge in [0.1, 0.15) is 5.82 Å². The van der Waals surface area contributed by atoms with Crippen LogP contribution in [-0.4, -0.2) is 24.4 Å². The van der Waals surface area contributed by atoms with Crippen LogP contribution in [0.15, 0.2) is 41.8 Å². The van der Waals surface area contributed by atoms with Crippen molar-refractivity contribution in [3.8, 4) is 0 Å². The first-order chi connectivity index (χ1) is 10.1. The summed E-state index contributed by atoms with van der Waals surface area (Å²) in [5, 5.41) is 3.80. The van der Waals surface area contributed by atoms with Gasteiger partial charge < -0.3 is 4.74 Å². The monoisotopic (exact) mass is 307 g/mol. The molecule has 7 heteroatoms. The standard InChI is InChI=1S/C14H10FNO4S/c15-10-5-3-9(4-6-10)14(19)20-8-12(17)16-13(18)11-2-1-7-21-11/h1-7H,8H2,(H,16,17,18). The van der Waals surface area contributed by atoms with Gasteiger partial charge in [-0.3, -0.25) is 14.9 Å². The van der Waals surface area contributed by atoms with Crippen LogP contribution in [0.25, 0.3) is 0 Å². The number of hydrogen-bond donors (Lipinski definition) is 1. The maximum Gasteiger partial charge on any atom is 0.338 e. The van der Waals surface area contributed by atoms with Crippen molar-refractivity contribution in [2.75, 3.05) is 6.61 Å². The van der Waals surface area contributed by atoms with Crippen molar-refractivity contribution in [2.24, 2.45) is 0 Å². The number of carbonyl (C=O) groups is 3. The number of esters is 1. The summed E-state index contributed by atoms with van der Waals surface area (Å²) in [6, 6.07) is 7.95. The Bertz CT molecular complexity index is 652. The summed E-state index contributed by atoms with van der Waals surface area (Å²) in [7, 11) is 0. The Morgan fingerprint density at radius 3 is 2.48 bits per heavy atom. The molecule has 2 amide bonds. The highest BCUT2D eigenvalue weighted by Gasteiger charge is 2.14. The lowest BCUT2D eigenvalue weighted by Gasteiger charge is -2.05. The van der Waals surface area contributed by atoms with E-state index in [1.165, 1.54) is 23.5 Å². The van der Waals surface area contributed by atoms with E-state index < -0.39 is 30.2 Å². The van der Waals surface area contributed by atoms with Crippen molar-refractivity contribution in [3.63, 3.8) is 0 Å². The second-order valence-electron chi connectivity index (χ2n) is 3.94. The first kappa shape index (κ1) is 14.9. The summed E-state index contributed by atoms with van der Waals surface area (Å²) >= 11 is 1.19. The first-order valence-corrected chi connectivity index (χ1v) is 6.74. The number of amides is 2. The molecular weight excluding hydrogens is 297 g/mol. The smallest absolute Gasteiger partial charge is 0.338 e. The zero-order valence-corrected chi connectivity index (χ0v) is 11.5. The molecule has 0 saturated heterocycles. The molecule has 0 aliphatic rings. The molecule has 1 N–H and O–H groups in total. The number of rotatable bonds is 4. The fourth-order valence-electron chi connectivity index (χ4n) is 1.43. The second-order valence-corrected chi connectivity index (χ2v) is 4.89. The molecule has 0 unspecified atom stereocenters. The van der Waals surface area contributed by atoms with Gasteiger partial charge in [0.05, 0.1) is 10.4 Å². The Balaban J connectivity index is 1.82. The van der Waals surface area contributed by atoms with Gasteiger partial charge in [-0.15, -0.1) is 11.3 Å². The van der Waals surface area contributed by atoms with Gasteiger partial charge in [-0.05, 0) is 35.7 Å². The summed E-state index contributed by atoms with van der Waals surface area (Å²) in [6.45, 7) is -0.590. The average Bonchev–Trinajstić information content (AvgIpc) is 3.00. The third kappa shape index (κ3) is 4.22. The number of imide groups is 1. The van der Waals surface area contributed by atoms with E-state index in [0.717, 1.165) is 12.1 Å². The Morgan fingerprint density at radius 1 is 1.14 bits per heavy atom. The van der Waals surface area contributed by atoms with E-state index in [1.807, 2.05) is 0 Å². The Hall–Kier alpha value is -2.54. The molecule has 0 saturated carbocycles. The minimum Gasteiger partial charge on any atom is -0.452 e. The highest BCUT2D eigenvalue weighted by Crippen LogP contribution is 2.08. The van der Waals surface area contributed by atoms with Crippen molar-refractivity contribution in [1.29, 1.82) is 0 Å². The zero-order valence-electron chi connectivity index (χ0n) is 10.7. The lowest BCUT2D eigenvalue weighted by molar-refractivity contribution is -0.123. The molecule has 108 valence electrons. The fourth-order valence-corrected chi connectivity index (χ4v) is 2.05. The molecule has 0 aliphatic heterocycles. The molecule has 1 heterocycles. The Kier molecular flexibility index (Phi) is 4.78. The van der Waals surface area contributed by atoms with Gasteiger partial charge in [0.25, 0.3) is 11.8 Å². The molecular formula is C14H10FNO4S. The molecule has 0 atom stereocenters. The van der Waals surface area contributed by atoms with Crippen LogP contribution in [0.5, 0.6) is 0 Å². The van der Waals surface area contributed by atoms with Crippen LogP contribution in [0.3, 0.4) is 0 Å². The number of thiophene rings is 1. The van der Waals surface area contributed by atoms with Gasteiger partial charge in [-0.1, -0.05) is 6.07 Å². The lowest BCUT2D eigenvalue weighted by Crippen LogP contribution is -2.33. The van der Waals surface area contributed by atoms with Gasteiger partial charge in [0.2, 0.25) is 0 Å². The first-order valence-electron chi connectivity index (χ1n) is 5.86. The molecule has 0 bridgehead atoms. The molecule has 2 rings (SSSR count). The van der Waals surface area contributed by atoms with E-state index in [2.05, 4.69) is 5.32 Å². The van der Waals surface area contributed by atoms with Crippen LogP contribution < -0.4 is 5.32 Å². The normalized spacial score (nSPS) is 9.95. The van der Waals surface area contributed by atoms with E-state index in [0.29, 0.717) is 4.88 Å². The minimum atomic E-state index is -0.770. The summed E-state index contributed by atoms with van der Waals surface area (Å²) in [5.41, 5.74) is 0.119. The summed E-state index contributed by atoms with van der Waals surface area (Å²) in [6.07, 6.45) is 0. The molecule has 0 aliphatic carbocycles. The van der Waals surface area contributed by atoms with E-state index in [-0.39, 0.29) is 5.56 Å². The van der Waals surface area contributed by atoms with Gasteiger partial charge in [-0.2, -0.15) is 0 Å². The highest BCUT2D eigenvalue weighted by atomic mass is 32.1. The maximum absolute atomic E-state index is 12.7. The van der Waals surface area contributed by atoms with Crippen LogP contribution in [-0.2, 0) is 9.53 Å². The van der Waals surface area contributed by atoms with Crippen LogP contribution >= 0.6 is 11.3 Å². The molecule has 2 aromatic rings. The Morgan fingerprint density at radius 2 is 1.86 bits per heavy atom. The molecule has 0 spiro atoms. The topological polar surface area (TPSA) is 72.5 Å². The molecule has 5 nitrogen and oxygen atoms in total. The van der Waals surface area contributed by atoms with Crippen LogP contribution in [0.1, 0.15) is 20.0 Å². The maximum atomic E-state index is 12.7. The highest BCUT2D eigenvalue weighted by molar-refractivity contribution is 7.12. The van der Waals surface area contributed by atoms with Crippen molar-refractivity contribution in [3.05, 3.63) is 58.0 Å². The van der Waals surface area contributed by atoms with E-state index in [4.69, 9.17) is 4.74 Å². The summed E-state index contributed by atoms with van der Waals surface area (Å²) < 4.78 is 17.4. The molecule has 0 fully saturated rings. The predicted molar refractivity (Wildman–Crippen MR) is 73.5 cm³/mol. The van der Waals surface area contributed by atoms with Gasteiger partial charge in [-0.25, -0.2) is 9.18 Å². The van der Waals surface area contributed by atoms with Crippen molar-refractivity contribution < 1.29 is 23.5 Å². The molecule has 21 heavy (non-hydrogen) atoms. The fraction of sp³-hybridized carbons (Fsp3) is 0.0714. The molecule has 0 radical (unpaired) electrons. The number of benzene rings is 1. The number of ether oxygens (including phenoxy) is 1.